The Morgan fingerprint density at radius 2 is 1.83 bits per heavy atom. The van der Waals surface area contributed by atoms with Crippen LogP contribution < -0.4 is 0 Å². The summed E-state index contributed by atoms with van der Waals surface area (Å²) in [4.78, 5) is 16.4. The highest BCUT2D eigenvalue weighted by Crippen LogP contribution is 2.18. The standard InChI is InChI=1S/C13H23IN2O2/c14-12-3-6-15(7-4-12)5-1-2-13(17)16-8-10-18-11-9-16/h12H,1-11H2. The Hall–Kier alpha value is 0.120. The zero-order valence-corrected chi connectivity index (χ0v) is 13.1. The van der Waals surface area contributed by atoms with Crippen molar-refractivity contribution in [3.8, 4) is 0 Å². The summed E-state index contributed by atoms with van der Waals surface area (Å²) in [5.74, 6) is 0.307. The molecule has 0 atom stereocenters. The highest BCUT2D eigenvalue weighted by atomic mass is 127. The van der Waals surface area contributed by atoms with Crippen molar-refractivity contribution in [3.63, 3.8) is 0 Å². The van der Waals surface area contributed by atoms with Gasteiger partial charge < -0.3 is 14.5 Å². The number of likely N-dealkylation sites (tertiary alicyclic amines) is 1. The molecule has 0 spiro atoms. The number of alkyl halides is 1. The predicted octanol–water partition coefficient (Wildman–Crippen LogP) is 1.52. The Balaban J connectivity index is 1.58. The molecule has 0 N–H and O–H groups in total. The SMILES string of the molecule is O=C(CCCN1CCC(I)CC1)N1CCOCC1. The van der Waals surface area contributed by atoms with Crippen LogP contribution in [0, 0.1) is 0 Å². The van der Waals surface area contributed by atoms with E-state index in [4.69, 9.17) is 4.74 Å². The van der Waals surface area contributed by atoms with E-state index in [0.717, 1.165) is 30.0 Å². The smallest absolute Gasteiger partial charge is 0.222 e. The van der Waals surface area contributed by atoms with E-state index in [9.17, 15) is 4.79 Å². The molecule has 2 rings (SSSR count). The first-order valence-electron chi connectivity index (χ1n) is 6.97. The molecule has 0 aromatic carbocycles. The van der Waals surface area contributed by atoms with Gasteiger partial charge in [0.2, 0.25) is 5.91 Å². The number of hydrogen-bond donors (Lipinski definition) is 0. The fraction of sp³-hybridized carbons (Fsp3) is 0.923. The second-order valence-corrected chi connectivity index (χ2v) is 6.87. The fourth-order valence-corrected chi connectivity index (χ4v) is 3.11. The molecule has 2 heterocycles. The van der Waals surface area contributed by atoms with Gasteiger partial charge in [-0.15, -0.1) is 0 Å². The third-order valence-electron chi connectivity index (χ3n) is 3.75. The van der Waals surface area contributed by atoms with Gasteiger partial charge in [0, 0.05) is 23.4 Å². The van der Waals surface area contributed by atoms with Gasteiger partial charge in [0.05, 0.1) is 13.2 Å². The second kappa shape index (κ2) is 7.65. The van der Waals surface area contributed by atoms with Gasteiger partial charge in [-0.2, -0.15) is 0 Å². The summed E-state index contributed by atoms with van der Waals surface area (Å²) in [5, 5.41) is 0. The minimum Gasteiger partial charge on any atom is -0.378 e. The van der Waals surface area contributed by atoms with Crippen molar-refractivity contribution in [2.45, 2.75) is 29.6 Å². The van der Waals surface area contributed by atoms with Crippen LogP contribution in [0.3, 0.4) is 0 Å². The topological polar surface area (TPSA) is 32.8 Å². The molecule has 0 aromatic heterocycles. The molecule has 104 valence electrons. The lowest BCUT2D eigenvalue weighted by molar-refractivity contribution is -0.135. The largest absolute Gasteiger partial charge is 0.378 e. The van der Waals surface area contributed by atoms with Gasteiger partial charge in [-0.1, -0.05) is 22.6 Å². The molecular weight excluding hydrogens is 343 g/mol. The number of carbonyl (C=O) groups excluding carboxylic acids is 1. The third kappa shape index (κ3) is 4.66. The highest BCUT2D eigenvalue weighted by molar-refractivity contribution is 14.1. The van der Waals surface area contributed by atoms with E-state index in [-0.39, 0.29) is 0 Å². The Morgan fingerprint density at radius 3 is 2.50 bits per heavy atom. The average Bonchev–Trinajstić information content (AvgIpc) is 2.42. The van der Waals surface area contributed by atoms with Gasteiger partial charge in [0.1, 0.15) is 0 Å². The molecule has 0 bridgehead atoms. The Morgan fingerprint density at radius 1 is 1.17 bits per heavy atom. The zero-order chi connectivity index (χ0) is 12.8. The number of hydrogen-bond acceptors (Lipinski definition) is 3. The maximum absolute atomic E-state index is 11.9. The summed E-state index contributed by atoms with van der Waals surface area (Å²) in [6.45, 7) is 6.46. The number of nitrogens with zero attached hydrogens (tertiary/aromatic N) is 2. The van der Waals surface area contributed by atoms with E-state index >= 15 is 0 Å². The van der Waals surface area contributed by atoms with Crippen LogP contribution in [0.25, 0.3) is 0 Å². The summed E-state index contributed by atoms with van der Waals surface area (Å²) in [6, 6.07) is 0. The molecule has 2 fully saturated rings. The number of carbonyl (C=O) groups is 1. The number of morpholine rings is 1. The van der Waals surface area contributed by atoms with Gasteiger partial charge in [0.25, 0.3) is 0 Å². The summed E-state index contributed by atoms with van der Waals surface area (Å²) < 4.78 is 6.11. The van der Waals surface area contributed by atoms with Crippen LogP contribution in [-0.4, -0.2) is 65.6 Å². The number of halogens is 1. The quantitative estimate of drug-likeness (QED) is 0.559. The summed E-state index contributed by atoms with van der Waals surface area (Å²) >= 11 is 2.54. The van der Waals surface area contributed by atoms with Crippen molar-refractivity contribution >= 4 is 28.5 Å². The first kappa shape index (κ1) is 14.5. The molecule has 2 saturated heterocycles. The van der Waals surface area contributed by atoms with Crippen molar-refractivity contribution in [2.24, 2.45) is 0 Å². The monoisotopic (exact) mass is 366 g/mol. The summed E-state index contributed by atoms with van der Waals surface area (Å²) in [7, 11) is 0. The van der Waals surface area contributed by atoms with Crippen LogP contribution in [0.1, 0.15) is 25.7 Å². The number of ether oxygens (including phenoxy) is 1. The molecular formula is C13H23IN2O2. The molecule has 0 saturated carbocycles. The van der Waals surface area contributed by atoms with E-state index in [0.29, 0.717) is 25.5 Å². The zero-order valence-electron chi connectivity index (χ0n) is 10.9. The van der Waals surface area contributed by atoms with E-state index in [2.05, 4.69) is 27.5 Å². The Labute approximate surface area is 123 Å². The molecule has 2 aliphatic heterocycles. The van der Waals surface area contributed by atoms with Crippen molar-refractivity contribution in [1.82, 2.24) is 9.80 Å². The highest BCUT2D eigenvalue weighted by Gasteiger charge is 2.18. The third-order valence-corrected chi connectivity index (χ3v) is 4.99. The fourth-order valence-electron chi connectivity index (χ4n) is 2.55. The van der Waals surface area contributed by atoms with Crippen LogP contribution >= 0.6 is 22.6 Å². The molecule has 0 radical (unpaired) electrons. The molecule has 0 unspecified atom stereocenters. The lowest BCUT2D eigenvalue weighted by atomic mass is 10.1. The molecule has 5 heteroatoms. The molecule has 0 aromatic rings. The lowest BCUT2D eigenvalue weighted by Crippen LogP contribution is -2.41. The normalized spacial score (nSPS) is 23.3. The molecule has 4 nitrogen and oxygen atoms in total. The van der Waals surface area contributed by atoms with Gasteiger partial charge in [-0.05, 0) is 38.9 Å². The van der Waals surface area contributed by atoms with Crippen molar-refractivity contribution < 1.29 is 9.53 Å². The van der Waals surface area contributed by atoms with Crippen LogP contribution in [0.5, 0.6) is 0 Å². The first-order chi connectivity index (χ1) is 8.75. The average molecular weight is 366 g/mol. The molecule has 0 aliphatic carbocycles. The van der Waals surface area contributed by atoms with Gasteiger partial charge >= 0.3 is 0 Å². The minimum absolute atomic E-state index is 0.307. The molecule has 1 amide bonds. The van der Waals surface area contributed by atoms with Crippen molar-refractivity contribution in [2.75, 3.05) is 45.9 Å². The Bertz CT molecular complexity index is 262. The molecule has 2 aliphatic rings. The van der Waals surface area contributed by atoms with Crippen molar-refractivity contribution in [1.29, 1.82) is 0 Å². The number of amides is 1. The first-order valence-corrected chi connectivity index (χ1v) is 8.22. The van der Waals surface area contributed by atoms with E-state index in [1.54, 1.807) is 0 Å². The van der Waals surface area contributed by atoms with E-state index < -0.39 is 0 Å². The van der Waals surface area contributed by atoms with Crippen LogP contribution in [0.2, 0.25) is 0 Å². The number of piperidine rings is 1. The van der Waals surface area contributed by atoms with Crippen LogP contribution in [0.15, 0.2) is 0 Å². The molecule has 18 heavy (non-hydrogen) atoms. The maximum Gasteiger partial charge on any atom is 0.222 e. The predicted molar refractivity (Wildman–Crippen MR) is 80.1 cm³/mol. The van der Waals surface area contributed by atoms with Crippen molar-refractivity contribution in [3.05, 3.63) is 0 Å². The minimum atomic E-state index is 0.307. The van der Waals surface area contributed by atoms with Crippen LogP contribution in [-0.2, 0) is 9.53 Å². The summed E-state index contributed by atoms with van der Waals surface area (Å²) in [6.07, 6.45) is 4.31. The lowest BCUT2D eigenvalue weighted by Gasteiger charge is -2.30. The number of rotatable bonds is 4. The summed E-state index contributed by atoms with van der Waals surface area (Å²) in [5.41, 5.74) is 0. The van der Waals surface area contributed by atoms with E-state index in [1.807, 2.05) is 4.90 Å². The van der Waals surface area contributed by atoms with Gasteiger partial charge in [-0.25, -0.2) is 0 Å². The second-order valence-electron chi connectivity index (χ2n) is 5.11. The maximum atomic E-state index is 11.9. The van der Waals surface area contributed by atoms with E-state index in [1.165, 1.54) is 25.9 Å². The van der Waals surface area contributed by atoms with Gasteiger partial charge in [0.15, 0.2) is 0 Å². The van der Waals surface area contributed by atoms with Crippen LogP contribution in [0.4, 0.5) is 0 Å². The Kier molecular flexibility index (Phi) is 6.17. The van der Waals surface area contributed by atoms with Gasteiger partial charge in [-0.3, -0.25) is 4.79 Å².